The molecule has 1 aromatic rings. The third-order valence-electron chi connectivity index (χ3n) is 2.71. The molecule has 1 heterocycles. The molecule has 3 nitrogen and oxygen atoms in total. The first-order valence-electron chi connectivity index (χ1n) is 5.87. The van der Waals surface area contributed by atoms with E-state index in [0.29, 0.717) is 0 Å². The molecule has 17 heavy (non-hydrogen) atoms. The molecule has 0 saturated heterocycles. The van der Waals surface area contributed by atoms with Crippen LogP contribution in [0.3, 0.4) is 0 Å². The molecule has 0 amide bonds. The second kappa shape index (κ2) is 6.10. The predicted molar refractivity (Wildman–Crippen MR) is 71.6 cm³/mol. The maximum absolute atomic E-state index is 5.61. The van der Waals surface area contributed by atoms with Gasteiger partial charge in [0, 0.05) is 11.3 Å². The molecule has 1 atom stereocenters. The Morgan fingerprint density at radius 1 is 1.41 bits per heavy atom. The number of hydrogen-bond donors (Lipinski definition) is 2. The van der Waals surface area contributed by atoms with Crippen LogP contribution in [0.1, 0.15) is 24.9 Å². The summed E-state index contributed by atoms with van der Waals surface area (Å²) in [5, 5.41) is 0. The highest BCUT2D eigenvalue weighted by Gasteiger charge is 2.19. The maximum atomic E-state index is 5.61. The minimum atomic E-state index is -0.0295. The molecule has 1 unspecified atom stereocenters. The highest BCUT2D eigenvalue weighted by Crippen LogP contribution is 2.27. The van der Waals surface area contributed by atoms with Crippen LogP contribution in [0.25, 0.3) is 0 Å². The van der Waals surface area contributed by atoms with Gasteiger partial charge in [-0.15, -0.1) is 11.8 Å². The monoisotopic (exact) mass is 250 g/mol. The molecule has 0 saturated carbocycles. The Morgan fingerprint density at radius 2 is 2.18 bits per heavy atom. The van der Waals surface area contributed by atoms with E-state index in [1.54, 1.807) is 0 Å². The lowest BCUT2D eigenvalue weighted by Gasteiger charge is -2.17. The largest absolute Gasteiger partial charge is 0.496 e. The van der Waals surface area contributed by atoms with Crippen molar-refractivity contribution in [1.29, 1.82) is 0 Å². The van der Waals surface area contributed by atoms with Gasteiger partial charge in [0.05, 0.1) is 6.61 Å². The first-order valence-corrected chi connectivity index (χ1v) is 6.85. The van der Waals surface area contributed by atoms with Crippen LogP contribution in [0, 0.1) is 0 Å². The number of ether oxygens (including phenoxy) is 1. The Balaban J connectivity index is 2.13. The van der Waals surface area contributed by atoms with Crippen molar-refractivity contribution in [2.24, 2.45) is 5.84 Å². The normalized spacial score (nSPS) is 16.5. The first-order chi connectivity index (χ1) is 8.35. The van der Waals surface area contributed by atoms with Gasteiger partial charge in [0.25, 0.3) is 0 Å². The van der Waals surface area contributed by atoms with E-state index in [0.717, 1.165) is 30.1 Å². The molecule has 1 aromatic carbocycles. The maximum Gasteiger partial charge on any atom is 0.115 e. The Labute approximate surface area is 106 Å². The van der Waals surface area contributed by atoms with Crippen LogP contribution >= 0.6 is 11.8 Å². The summed E-state index contributed by atoms with van der Waals surface area (Å²) >= 11 is 1.84. The van der Waals surface area contributed by atoms with Gasteiger partial charge in [-0.25, -0.2) is 5.43 Å². The molecular weight excluding hydrogens is 232 g/mol. The van der Waals surface area contributed by atoms with Gasteiger partial charge in [0.2, 0.25) is 0 Å². The average Bonchev–Trinajstić information content (AvgIpc) is 2.86. The van der Waals surface area contributed by atoms with E-state index in [2.05, 4.69) is 42.7 Å². The van der Waals surface area contributed by atoms with Crippen molar-refractivity contribution in [2.45, 2.75) is 24.3 Å². The zero-order valence-corrected chi connectivity index (χ0v) is 10.8. The fourth-order valence-electron chi connectivity index (χ4n) is 1.90. The van der Waals surface area contributed by atoms with Gasteiger partial charge < -0.3 is 4.74 Å². The van der Waals surface area contributed by atoms with Crippen LogP contribution in [-0.4, -0.2) is 12.4 Å². The van der Waals surface area contributed by atoms with Gasteiger partial charge in [-0.05, 0) is 29.5 Å². The van der Waals surface area contributed by atoms with Crippen molar-refractivity contribution in [1.82, 2.24) is 5.43 Å². The molecule has 2 rings (SSSR count). The summed E-state index contributed by atoms with van der Waals surface area (Å²) in [5.41, 5.74) is 3.95. The number of nitrogens with two attached hydrogens (primary N) is 1. The fraction of sp³-hybridized carbons (Fsp3) is 0.385. The summed E-state index contributed by atoms with van der Waals surface area (Å²) in [6.45, 7) is 2.91. The number of nitrogens with one attached hydrogen (secondary N) is 1. The fourth-order valence-corrected chi connectivity index (χ4v) is 2.57. The van der Waals surface area contributed by atoms with Crippen LogP contribution < -0.4 is 11.3 Å². The SMILES string of the molecule is CCSc1ccc(C(NN)C2=CCCO2)cc1. The Bertz CT molecular complexity index is 389. The predicted octanol–water partition coefficient (Wildman–Crippen LogP) is 2.61. The molecule has 1 aliphatic heterocycles. The van der Waals surface area contributed by atoms with Gasteiger partial charge >= 0.3 is 0 Å². The zero-order valence-electron chi connectivity index (χ0n) is 9.98. The van der Waals surface area contributed by atoms with Crippen LogP contribution in [0.4, 0.5) is 0 Å². The third kappa shape index (κ3) is 3.03. The lowest BCUT2D eigenvalue weighted by molar-refractivity contribution is 0.215. The molecule has 3 N–H and O–H groups in total. The Kier molecular flexibility index (Phi) is 4.48. The number of hydrazine groups is 1. The van der Waals surface area contributed by atoms with Gasteiger partial charge in [-0.3, -0.25) is 5.84 Å². The lowest BCUT2D eigenvalue weighted by Crippen LogP contribution is -2.29. The molecule has 0 aromatic heterocycles. The molecular formula is C13H18N2OS. The van der Waals surface area contributed by atoms with E-state index in [1.807, 2.05) is 11.8 Å². The van der Waals surface area contributed by atoms with Crippen molar-refractivity contribution >= 4 is 11.8 Å². The van der Waals surface area contributed by atoms with Crippen LogP contribution in [0.15, 0.2) is 41.0 Å². The molecule has 92 valence electrons. The van der Waals surface area contributed by atoms with Gasteiger partial charge in [-0.2, -0.15) is 0 Å². The second-order valence-electron chi connectivity index (χ2n) is 3.85. The van der Waals surface area contributed by atoms with Gasteiger partial charge in [-0.1, -0.05) is 19.1 Å². The zero-order chi connectivity index (χ0) is 12.1. The van der Waals surface area contributed by atoms with E-state index in [4.69, 9.17) is 10.6 Å². The molecule has 0 radical (unpaired) electrons. The number of thioether (sulfide) groups is 1. The van der Waals surface area contributed by atoms with Crippen LogP contribution in [-0.2, 0) is 4.74 Å². The van der Waals surface area contributed by atoms with Crippen molar-refractivity contribution in [2.75, 3.05) is 12.4 Å². The van der Waals surface area contributed by atoms with Crippen molar-refractivity contribution < 1.29 is 4.74 Å². The molecule has 0 aliphatic carbocycles. The first kappa shape index (κ1) is 12.5. The Morgan fingerprint density at radius 3 is 2.71 bits per heavy atom. The van der Waals surface area contributed by atoms with E-state index in [9.17, 15) is 0 Å². The van der Waals surface area contributed by atoms with E-state index in [-0.39, 0.29) is 6.04 Å². The molecule has 0 spiro atoms. The third-order valence-corrected chi connectivity index (χ3v) is 3.60. The smallest absolute Gasteiger partial charge is 0.115 e. The van der Waals surface area contributed by atoms with E-state index < -0.39 is 0 Å². The van der Waals surface area contributed by atoms with E-state index in [1.165, 1.54) is 4.90 Å². The highest BCUT2D eigenvalue weighted by molar-refractivity contribution is 7.99. The Hall–Kier alpha value is -0.970. The summed E-state index contributed by atoms with van der Waals surface area (Å²) in [4.78, 5) is 1.29. The van der Waals surface area contributed by atoms with Gasteiger partial charge in [0.1, 0.15) is 11.8 Å². The highest BCUT2D eigenvalue weighted by atomic mass is 32.2. The molecule has 0 fully saturated rings. The van der Waals surface area contributed by atoms with Crippen molar-refractivity contribution in [3.05, 3.63) is 41.7 Å². The lowest BCUT2D eigenvalue weighted by atomic mass is 10.1. The summed E-state index contributed by atoms with van der Waals surface area (Å²) in [5.74, 6) is 7.63. The van der Waals surface area contributed by atoms with Crippen molar-refractivity contribution in [3.8, 4) is 0 Å². The van der Waals surface area contributed by atoms with Crippen molar-refractivity contribution in [3.63, 3.8) is 0 Å². The average molecular weight is 250 g/mol. The quantitative estimate of drug-likeness (QED) is 0.479. The number of benzene rings is 1. The summed E-state index contributed by atoms with van der Waals surface area (Å²) in [7, 11) is 0. The van der Waals surface area contributed by atoms with Gasteiger partial charge in [0.15, 0.2) is 0 Å². The van der Waals surface area contributed by atoms with Crippen LogP contribution in [0.2, 0.25) is 0 Å². The molecule has 4 heteroatoms. The standard InChI is InChI=1S/C13H18N2OS/c1-2-17-11-7-5-10(6-8-11)13(15-14)12-4-3-9-16-12/h4-8,13,15H,2-3,9,14H2,1H3. The minimum Gasteiger partial charge on any atom is -0.496 e. The molecule has 1 aliphatic rings. The number of rotatable bonds is 5. The van der Waals surface area contributed by atoms with E-state index >= 15 is 0 Å². The summed E-state index contributed by atoms with van der Waals surface area (Å²) < 4.78 is 5.55. The topological polar surface area (TPSA) is 47.3 Å². The van der Waals surface area contributed by atoms with Crippen LogP contribution in [0.5, 0.6) is 0 Å². The second-order valence-corrected chi connectivity index (χ2v) is 5.18. The number of hydrogen-bond acceptors (Lipinski definition) is 4. The molecule has 0 bridgehead atoms. The summed E-state index contributed by atoms with van der Waals surface area (Å²) in [6.07, 6.45) is 3.07. The summed E-state index contributed by atoms with van der Waals surface area (Å²) in [6, 6.07) is 8.43. The minimum absolute atomic E-state index is 0.0295.